The molecule has 0 bridgehead atoms. The molecule has 3 atom stereocenters. The van der Waals surface area contributed by atoms with Crippen LogP contribution in [0.25, 0.3) is 0 Å². The first-order valence-corrected chi connectivity index (χ1v) is 5.45. The lowest BCUT2D eigenvalue weighted by molar-refractivity contribution is 0.439. The van der Waals surface area contributed by atoms with Gasteiger partial charge in [0.2, 0.25) is 0 Å². The normalized spacial score (nSPS) is 34.7. The fraction of sp³-hybridized carbons (Fsp3) is 0.636. The molecule has 3 rings (SSSR count). The summed E-state index contributed by atoms with van der Waals surface area (Å²) in [6.45, 7) is 0. The molecule has 3 heteroatoms. The summed E-state index contributed by atoms with van der Waals surface area (Å²) in [5.41, 5.74) is 1.07. The summed E-state index contributed by atoms with van der Waals surface area (Å²) < 4.78 is 0. The molecular weight excluding hydrogens is 174 g/mol. The molecule has 2 fully saturated rings. The van der Waals surface area contributed by atoms with Crippen LogP contribution in [0.2, 0.25) is 0 Å². The maximum Gasteiger partial charge on any atom is 0.115 e. The van der Waals surface area contributed by atoms with E-state index >= 15 is 0 Å². The number of hydrogen-bond acceptors (Lipinski definition) is 3. The van der Waals surface area contributed by atoms with Crippen molar-refractivity contribution < 1.29 is 0 Å². The summed E-state index contributed by atoms with van der Waals surface area (Å²) in [6.07, 6.45) is 10.9. The summed E-state index contributed by atoms with van der Waals surface area (Å²) >= 11 is 0. The van der Waals surface area contributed by atoms with E-state index in [9.17, 15) is 0 Å². The topological polar surface area (TPSA) is 37.8 Å². The van der Waals surface area contributed by atoms with Crippen LogP contribution in [0.1, 0.15) is 25.7 Å². The Kier molecular flexibility index (Phi) is 1.89. The van der Waals surface area contributed by atoms with Gasteiger partial charge in [0, 0.05) is 6.04 Å². The molecule has 1 heterocycles. The molecule has 0 spiro atoms. The minimum atomic E-state index is 0.680. The quantitative estimate of drug-likeness (QED) is 0.774. The first-order valence-electron chi connectivity index (χ1n) is 5.45. The Bertz CT molecular complexity index is 312. The predicted octanol–water partition coefficient (Wildman–Crippen LogP) is 2.08. The maximum absolute atomic E-state index is 4.02. The van der Waals surface area contributed by atoms with E-state index in [1.54, 1.807) is 6.33 Å². The molecule has 3 nitrogen and oxygen atoms in total. The van der Waals surface area contributed by atoms with Gasteiger partial charge < -0.3 is 5.32 Å². The highest BCUT2D eigenvalue weighted by atomic mass is 15.0. The standard InChI is InChI=1S/C11H15N3/c1-2-8-4-10(8)11(3-1)14-9-5-12-7-13-6-9/h5-8,10-11,14H,1-4H2. The highest BCUT2D eigenvalue weighted by Crippen LogP contribution is 2.50. The first-order chi connectivity index (χ1) is 6.93. The Morgan fingerprint density at radius 1 is 1.21 bits per heavy atom. The van der Waals surface area contributed by atoms with Crippen LogP contribution in [0.3, 0.4) is 0 Å². The van der Waals surface area contributed by atoms with Gasteiger partial charge in [0.1, 0.15) is 6.33 Å². The zero-order valence-corrected chi connectivity index (χ0v) is 8.19. The smallest absolute Gasteiger partial charge is 0.115 e. The van der Waals surface area contributed by atoms with Crippen molar-refractivity contribution in [1.82, 2.24) is 9.97 Å². The Balaban J connectivity index is 1.67. The van der Waals surface area contributed by atoms with E-state index in [4.69, 9.17) is 0 Å². The molecule has 2 aliphatic rings. The van der Waals surface area contributed by atoms with E-state index in [1.807, 2.05) is 12.4 Å². The molecule has 1 N–H and O–H groups in total. The van der Waals surface area contributed by atoms with Gasteiger partial charge in [-0.1, -0.05) is 12.8 Å². The van der Waals surface area contributed by atoms with Gasteiger partial charge in [0.25, 0.3) is 0 Å². The van der Waals surface area contributed by atoms with Crippen LogP contribution in [0.4, 0.5) is 5.69 Å². The van der Waals surface area contributed by atoms with Crippen molar-refractivity contribution >= 4 is 5.69 Å². The molecule has 0 saturated heterocycles. The summed E-state index contributed by atoms with van der Waals surface area (Å²) in [7, 11) is 0. The van der Waals surface area contributed by atoms with Gasteiger partial charge in [0.15, 0.2) is 0 Å². The van der Waals surface area contributed by atoms with Crippen LogP contribution in [-0.2, 0) is 0 Å². The van der Waals surface area contributed by atoms with Crippen molar-refractivity contribution in [3.8, 4) is 0 Å². The lowest BCUT2D eigenvalue weighted by atomic mass is 9.95. The fourth-order valence-electron chi connectivity index (χ4n) is 2.68. The van der Waals surface area contributed by atoms with Gasteiger partial charge >= 0.3 is 0 Å². The van der Waals surface area contributed by atoms with Crippen molar-refractivity contribution in [3.05, 3.63) is 18.7 Å². The molecule has 1 aromatic heterocycles. The Morgan fingerprint density at radius 3 is 2.93 bits per heavy atom. The highest BCUT2D eigenvalue weighted by Gasteiger charge is 2.45. The maximum atomic E-state index is 4.02. The largest absolute Gasteiger partial charge is 0.380 e. The van der Waals surface area contributed by atoms with Crippen LogP contribution >= 0.6 is 0 Å². The molecule has 1 aromatic rings. The highest BCUT2D eigenvalue weighted by molar-refractivity contribution is 5.39. The van der Waals surface area contributed by atoms with Crippen LogP contribution in [-0.4, -0.2) is 16.0 Å². The average Bonchev–Trinajstić information content (AvgIpc) is 2.99. The van der Waals surface area contributed by atoms with Gasteiger partial charge in [-0.3, -0.25) is 0 Å². The summed E-state index contributed by atoms with van der Waals surface area (Å²) in [4.78, 5) is 8.03. The van der Waals surface area contributed by atoms with E-state index in [-0.39, 0.29) is 0 Å². The SMILES string of the molecule is c1ncc(NC2CCCC3CC32)cn1. The molecule has 3 unspecified atom stereocenters. The molecule has 14 heavy (non-hydrogen) atoms. The molecule has 0 amide bonds. The predicted molar refractivity (Wildman–Crippen MR) is 54.9 cm³/mol. The minimum Gasteiger partial charge on any atom is -0.380 e. The van der Waals surface area contributed by atoms with E-state index in [1.165, 1.54) is 25.7 Å². The third kappa shape index (κ3) is 1.47. The van der Waals surface area contributed by atoms with Gasteiger partial charge in [-0.25, -0.2) is 9.97 Å². The third-order valence-corrected chi connectivity index (χ3v) is 3.50. The zero-order valence-electron chi connectivity index (χ0n) is 8.19. The second-order valence-corrected chi connectivity index (χ2v) is 4.47. The van der Waals surface area contributed by atoms with Crippen molar-refractivity contribution in [2.24, 2.45) is 11.8 Å². The number of rotatable bonds is 2. The zero-order chi connectivity index (χ0) is 9.38. The van der Waals surface area contributed by atoms with Crippen molar-refractivity contribution in [2.75, 3.05) is 5.32 Å². The lowest BCUT2D eigenvalue weighted by Gasteiger charge is -2.23. The molecule has 74 valence electrons. The Labute approximate surface area is 84.0 Å². The first kappa shape index (κ1) is 8.21. The number of nitrogens with one attached hydrogen (secondary N) is 1. The van der Waals surface area contributed by atoms with Crippen LogP contribution in [0.15, 0.2) is 18.7 Å². The lowest BCUT2D eigenvalue weighted by Crippen LogP contribution is -2.25. The number of anilines is 1. The van der Waals surface area contributed by atoms with Crippen LogP contribution in [0, 0.1) is 11.8 Å². The molecule has 0 radical (unpaired) electrons. The Morgan fingerprint density at radius 2 is 2.07 bits per heavy atom. The van der Waals surface area contributed by atoms with Gasteiger partial charge in [-0.2, -0.15) is 0 Å². The minimum absolute atomic E-state index is 0.680. The van der Waals surface area contributed by atoms with E-state index < -0.39 is 0 Å². The fourth-order valence-corrected chi connectivity index (χ4v) is 2.68. The number of nitrogens with zero attached hydrogens (tertiary/aromatic N) is 2. The van der Waals surface area contributed by atoms with Gasteiger partial charge in [0.05, 0.1) is 18.1 Å². The molecule has 2 saturated carbocycles. The summed E-state index contributed by atoms with van der Waals surface area (Å²) in [5.74, 6) is 1.95. The van der Waals surface area contributed by atoms with Gasteiger partial charge in [-0.05, 0) is 24.7 Å². The van der Waals surface area contributed by atoms with Crippen molar-refractivity contribution in [2.45, 2.75) is 31.7 Å². The molecule has 0 aromatic carbocycles. The van der Waals surface area contributed by atoms with Crippen LogP contribution in [0.5, 0.6) is 0 Å². The number of fused-ring (bicyclic) bond motifs is 1. The van der Waals surface area contributed by atoms with Crippen molar-refractivity contribution in [3.63, 3.8) is 0 Å². The molecular formula is C11H15N3. The Hall–Kier alpha value is -1.12. The van der Waals surface area contributed by atoms with Gasteiger partial charge in [-0.15, -0.1) is 0 Å². The van der Waals surface area contributed by atoms with E-state index in [0.717, 1.165) is 17.5 Å². The summed E-state index contributed by atoms with van der Waals surface area (Å²) in [5, 5.41) is 3.55. The number of aromatic nitrogens is 2. The second-order valence-electron chi connectivity index (χ2n) is 4.47. The molecule has 2 aliphatic carbocycles. The second kappa shape index (κ2) is 3.23. The third-order valence-electron chi connectivity index (χ3n) is 3.50. The monoisotopic (exact) mass is 189 g/mol. The molecule has 0 aliphatic heterocycles. The summed E-state index contributed by atoms with van der Waals surface area (Å²) in [6, 6.07) is 0.680. The van der Waals surface area contributed by atoms with E-state index in [2.05, 4.69) is 15.3 Å². The van der Waals surface area contributed by atoms with Crippen LogP contribution < -0.4 is 5.32 Å². The number of hydrogen-bond donors (Lipinski definition) is 1. The average molecular weight is 189 g/mol. The van der Waals surface area contributed by atoms with E-state index in [0.29, 0.717) is 6.04 Å². The van der Waals surface area contributed by atoms with Crippen molar-refractivity contribution in [1.29, 1.82) is 0 Å².